The number of anilines is 2. The summed E-state index contributed by atoms with van der Waals surface area (Å²) in [6.45, 7) is 4.85. The molecule has 11 heteroatoms. The van der Waals surface area contributed by atoms with E-state index in [1.807, 2.05) is 0 Å². The van der Waals surface area contributed by atoms with Gasteiger partial charge in [0.1, 0.15) is 4.90 Å². The van der Waals surface area contributed by atoms with E-state index in [1.165, 1.54) is 17.7 Å². The quantitative estimate of drug-likeness (QED) is 0.826. The topological polar surface area (TPSA) is 76.5 Å². The zero-order valence-electron chi connectivity index (χ0n) is 15.7. The average molecular weight is 418 g/mol. The minimum atomic E-state index is -4.59. The summed E-state index contributed by atoms with van der Waals surface area (Å²) in [4.78, 5) is 1.75. The molecule has 154 valence electrons. The molecule has 0 bridgehead atoms. The number of nitrogens with one attached hydrogen (secondary N) is 1. The summed E-state index contributed by atoms with van der Waals surface area (Å²) in [5.74, 6) is 0. The largest absolute Gasteiger partial charge is 0.416 e. The van der Waals surface area contributed by atoms with Crippen LogP contribution in [-0.4, -0.2) is 44.5 Å². The fourth-order valence-electron chi connectivity index (χ4n) is 3.21. The fourth-order valence-corrected chi connectivity index (χ4v) is 4.72. The maximum absolute atomic E-state index is 13.2. The van der Waals surface area contributed by atoms with Crippen molar-refractivity contribution < 1.29 is 26.3 Å². The van der Waals surface area contributed by atoms with Crippen LogP contribution in [0.5, 0.6) is 0 Å². The Bertz CT molecular complexity index is 980. The molecule has 28 heavy (non-hydrogen) atoms. The molecule has 1 saturated heterocycles. The van der Waals surface area contributed by atoms with Crippen LogP contribution in [-0.2, 0) is 28.0 Å². The molecule has 2 aromatic rings. The Morgan fingerprint density at radius 2 is 1.82 bits per heavy atom. The monoisotopic (exact) mass is 418 g/mol. The molecule has 7 nitrogen and oxygen atoms in total. The summed E-state index contributed by atoms with van der Waals surface area (Å²) in [6, 6.07) is 3.06. The van der Waals surface area contributed by atoms with Crippen molar-refractivity contribution in [1.29, 1.82) is 0 Å². The van der Waals surface area contributed by atoms with Crippen LogP contribution in [0.15, 0.2) is 23.1 Å². The molecular formula is C17H21F3N4O3S. The normalized spacial score (nSPS) is 15.7. The lowest BCUT2D eigenvalue weighted by Crippen LogP contribution is -2.37. The van der Waals surface area contributed by atoms with Crippen LogP contribution in [0, 0.1) is 13.8 Å². The molecule has 0 atom stereocenters. The molecule has 1 fully saturated rings. The number of nitrogens with zero attached hydrogens (tertiary/aromatic N) is 3. The summed E-state index contributed by atoms with van der Waals surface area (Å²) >= 11 is 0. The standard InChI is InChI=1S/C17H21F3N4O3S/c1-11-16(12(2)23(3)21-11)28(25,26)22-14-10-13(17(18,19)20)4-5-15(14)24-6-8-27-9-7-24/h4-5,10,22H,6-9H2,1-3H3. The van der Waals surface area contributed by atoms with Crippen LogP contribution in [0.1, 0.15) is 17.0 Å². The van der Waals surface area contributed by atoms with Gasteiger partial charge in [-0.3, -0.25) is 9.40 Å². The van der Waals surface area contributed by atoms with Gasteiger partial charge in [-0.2, -0.15) is 18.3 Å². The lowest BCUT2D eigenvalue weighted by Gasteiger charge is -2.31. The van der Waals surface area contributed by atoms with Gasteiger partial charge < -0.3 is 9.64 Å². The van der Waals surface area contributed by atoms with Crippen LogP contribution in [0.3, 0.4) is 0 Å². The molecule has 0 aliphatic carbocycles. The lowest BCUT2D eigenvalue weighted by atomic mass is 10.1. The van der Waals surface area contributed by atoms with E-state index in [9.17, 15) is 21.6 Å². The molecule has 0 unspecified atom stereocenters. The molecule has 0 saturated carbocycles. The molecule has 2 heterocycles. The van der Waals surface area contributed by atoms with Gasteiger partial charge in [0, 0.05) is 20.1 Å². The van der Waals surface area contributed by atoms with Crippen LogP contribution in [0.2, 0.25) is 0 Å². The Balaban J connectivity index is 2.07. The van der Waals surface area contributed by atoms with Crippen molar-refractivity contribution in [3.05, 3.63) is 35.2 Å². The van der Waals surface area contributed by atoms with Crippen molar-refractivity contribution in [2.45, 2.75) is 24.9 Å². The highest BCUT2D eigenvalue weighted by Crippen LogP contribution is 2.37. The van der Waals surface area contributed by atoms with Crippen molar-refractivity contribution in [2.24, 2.45) is 7.05 Å². The minimum absolute atomic E-state index is 0.0414. The van der Waals surface area contributed by atoms with Crippen LogP contribution in [0.25, 0.3) is 0 Å². The van der Waals surface area contributed by atoms with E-state index >= 15 is 0 Å². The molecular weight excluding hydrogens is 397 g/mol. The molecule has 1 aromatic heterocycles. The van der Waals surface area contributed by atoms with Gasteiger partial charge in [-0.05, 0) is 32.0 Å². The first-order valence-electron chi connectivity index (χ1n) is 8.57. The Kier molecular flexibility index (Phi) is 5.32. The van der Waals surface area contributed by atoms with Crippen molar-refractivity contribution in [3.63, 3.8) is 0 Å². The Morgan fingerprint density at radius 1 is 1.18 bits per heavy atom. The molecule has 1 N–H and O–H groups in total. The maximum atomic E-state index is 13.2. The van der Waals surface area contributed by atoms with E-state index in [0.29, 0.717) is 37.7 Å². The number of alkyl halides is 3. The highest BCUT2D eigenvalue weighted by Gasteiger charge is 2.33. The second-order valence-electron chi connectivity index (χ2n) is 6.56. The molecule has 1 aliphatic rings. The van der Waals surface area contributed by atoms with Crippen LogP contribution >= 0.6 is 0 Å². The number of sulfonamides is 1. The molecule has 1 aromatic carbocycles. The molecule has 0 amide bonds. The second-order valence-corrected chi connectivity index (χ2v) is 8.18. The number of morpholine rings is 1. The Morgan fingerprint density at radius 3 is 2.36 bits per heavy atom. The number of hydrogen-bond donors (Lipinski definition) is 1. The number of benzene rings is 1. The van der Waals surface area contributed by atoms with Gasteiger partial charge in [0.15, 0.2) is 0 Å². The number of halogens is 3. The molecule has 0 spiro atoms. The second kappa shape index (κ2) is 7.28. The van der Waals surface area contributed by atoms with Crippen LogP contribution < -0.4 is 9.62 Å². The zero-order chi connectivity index (χ0) is 20.7. The first-order valence-corrected chi connectivity index (χ1v) is 10.1. The number of aromatic nitrogens is 2. The summed E-state index contributed by atoms with van der Waals surface area (Å²) in [5.41, 5.74) is -0.0161. The van der Waals surface area contributed by atoms with Gasteiger partial charge in [-0.1, -0.05) is 0 Å². The fraction of sp³-hybridized carbons (Fsp3) is 0.471. The van der Waals surface area contributed by atoms with Gasteiger partial charge in [0.2, 0.25) is 0 Å². The highest BCUT2D eigenvalue weighted by molar-refractivity contribution is 7.92. The van der Waals surface area contributed by atoms with Crippen molar-refractivity contribution >= 4 is 21.4 Å². The van der Waals surface area contributed by atoms with E-state index in [4.69, 9.17) is 4.74 Å². The summed E-state index contributed by atoms with van der Waals surface area (Å²) in [5, 5.41) is 4.08. The Labute approximate surface area is 161 Å². The van der Waals surface area contributed by atoms with Crippen molar-refractivity contribution in [1.82, 2.24) is 9.78 Å². The zero-order valence-corrected chi connectivity index (χ0v) is 16.5. The highest BCUT2D eigenvalue weighted by atomic mass is 32.2. The molecule has 1 aliphatic heterocycles. The molecule has 3 rings (SSSR count). The molecule has 0 radical (unpaired) electrons. The minimum Gasteiger partial charge on any atom is -0.378 e. The van der Waals surface area contributed by atoms with Gasteiger partial charge in [0.05, 0.1) is 41.5 Å². The van der Waals surface area contributed by atoms with Gasteiger partial charge in [0.25, 0.3) is 10.0 Å². The lowest BCUT2D eigenvalue weighted by molar-refractivity contribution is -0.137. The average Bonchev–Trinajstić information content (AvgIpc) is 2.87. The number of rotatable bonds is 4. The Hall–Kier alpha value is -2.27. The predicted molar refractivity (Wildman–Crippen MR) is 98.0 cm³/mol. The predicted octanol–water partition coefficient (Wildman–Crippen LogP) is 2.69. The van der Waals surface area contributed by atoms with E-state index in [0.717, 1.165) is 12.1 Å². The van der Waals surface area contributed by atoms with Gasteiger partial charge in [-0.25, -0.2) is 8.42 Å². The third kappa shape index (κ3) is 3.95. The van der Waals surface area contributed by atoms with Gasteiger partial charge in [-0.15, -0.1) is 0 Å². The van der Waals surface area contributed by atoms with E-state index in [2.05, 4.69) is 9.82 Å². The number of aryl methyl sites for hydroxylation is 2. The summed E-state index contributed by atoms with van der Waals surface area (Å²) in [6.07, 6.45) is -4.59. The van der Waals surface area contributed by atoms with Crippen LogP contribution in [0.4, 0.5) is 24.5 Å². The summed E-state index contributed by atoms with van der Waals surface area (Å²) < 4.78 is 74.6. The third-order valence-electron chi connectivity index (χ3n) is 4.63. The van der Waals surface area contributed by atoms with Gasteiger partial charge >= 0.3 is 6.18 Å². The van der Waals surface area contributed by atoms with E-state index in [-0.39, 0.29) is 16.3 Å². The first-order chi connectivity index (χ1) is 13.0. The van der Waals surface area contributed by atoms with Crippen molar-refractivity contribution in [2.75, 3.05) is 35.9 Å². The smallest absolute Gasteiger partial charge is 0.378 e. The number of hydrogen-bond acceptors (Lipinski definition) is 5. The van der Waals surface area contributed by atoms with Crippen molar-refractivity contribution in [3.8, 4) is 0 Å². The SMILES string of the molecule is Cc1nn(C)c(C)c1S(=O)(=O)Nc1cc(C(F)(F)F)ccc1N1CCOCC1. The van der Waals surface area contributed by atoms with E-state index in [1.54, 1.807) is 18.9 Å². The first kappa shape index (κ1) is 20.5. The van der Waals surface area contributed by atoms with E-state index < -0.39 is 21.8 Å². The summed E-state index contributed by atoms with van der Waals surface area (Å²) in [7, 11) is -2.53. The maximum Gasteiger partial charge on any atom is 0.416 e. The number of ether oxygens (including phenoxy) is 1. The third-order valence-corrected chi connectivity index (χ3v) is 6.25.